The standard InChI is InChI=1S/C14H23ClN2O/c1-3-5-6-7-8-18-14-13(15)9-12(11-17-14)10-16-4-2/h9,11,16H,3-8,10H2,1-2H3. The zero-order chi connectivity index (χ0) is 13.2. The van der Waals surface area contributed by atoms with E-state index in [9.17, 15) is 0 Å². The van der Waals surface area contributed by atoms with Crippen molar-refractivity contribution in [2.24, 2.45) is 0 Å². The third-order valence-electron chi connectivity index (χ3n) is 2.68. The molecule has 102 valence electrons. The molecule has 0 saturated carbocycles. The van der Waals surface area contributed by atoms with Crippen LogP contribution in [0.1, 0.15) is 45.1 Å². The number of rotatable bonds is 9. The lowest BCUT2D eigenvalue weighted by atomic mass is 10.2. The van der Waals surface area contributed by atoms with Gasteiger partial charge in [0.05, 0.1) is 6.61 Å². The molecule has 4 heteroatoms. The molecular weight excluding hydrogens is 248 g/mol. The first-order valence-electron chi connectivity index (χ1n) is 6.75. The minimum Gasteiger partial charge on any atom is -0.477 e. The van der Waals surface area contributed by atoms with Gasteiger partial charge in [-0.1, -0.05) is 44.7 Å². The lowest BCUT2D eigenvalue weighted by molar-refractivity contribution is 0.294. The van der Waals surface area contributed by atoms with Crippen LogP contribution in [0.3, 0.4) is 0 Å². The highest BCUT2D eigenvalue weighted by atomic mass is 35.5. The Balaban J connectivity index is 2.37. The maximum absolute atomic E-state index is 6.13. The smallest absolute Gasteiger partial charge is 0.232 e. The first kappa shape index (κ1) is 15.3. The van der Waals surface area contributed by atoms with E-state index in [0.717, 1.165) is 25.1 Å². The molecule has 18 heavy (non-hydrogen) atoms. The summed E-state index contributed by atoms with van der Waals surface area (Å²) in [5.74, 6) is 0.549. The maximum Gasteiger partial charge on any atom is 0.232 e. The van der Waals surface area contributed by atoms with E-state index in [1.165, 1.54) is 19.3 Å². The van der Waals surface area contributed by atoms with Crippen LogP contribution in [0.5, 0.6) is 5.88 Å². The van der Waals surface area contributed by atoms with Crippen molar-refractivity contribution < 1.29 is 4.74 Å². The van der Waals surface area contributed by atoms with Crippen LogP contribution < -0.4 is 10.1 Å². The molecule has 0 amide bonds. The number of hydrogen-bond donors (Lipinski definition) is 1. The van der Waals surface area contributed by atoms with Crippen LogP contribution >= 0.6 is 11.6 Å². The van der Waals surface area contributed by atoms with Crippen molar-refractivity contribution in [3.63, 3.8) is 0 Å². The third kappa shape index (κ3) is 5.69. The highest BCUT2D eigenvalue weighted by molar-refractivity contribution is 6.31. The van der Waals surface area contributed by atoms with Crippen LogP contribution in [0.15, 0.2) is 12.3 Å². The normalized spacial score (nSPS) is 10.6. The van der Waals surface area contributed by atoms with Gasteiger partial charge in [0.2, 0.25) is 5.88 Å². The molecule has 1 aromatic heterocycles. The summed E-state index contributed by atoms with van der Waals surface area (Å²) in [7, 11) is 0. The molecule has 0 fully saturated rings. The summed E-state index contributed by atoms with van der Waals surface area (Å²) in [6.45, 7) is 6.69. The number of unbranched alkanes of at least 4 members (excludes halogenated alkanes) is 3. The minimum atomic E-state index is 0.549. The Labute approximate surface area is 115 Å². The van der Waals surface area contributed by atoms with Gasteiger partial charge in [-0.2, -0.15) is 0 Å². The Kier molecular flexibility index (Phi) is 7.78. The van der Waals surface area contributed by atoms with E-state index in [-0.39, 0.29) is 0 Å². The van der Waals surface area contributed by atoms with Crippen LogP contribution in [0.4, 0.5) is 0 Å². The van der Waals surface area contributed by atoms with E-state index in [0.29, 0.717) is 17.5 Å². The molecule has 0 saturated heterocycles. The molecule has 3 nitrogen and oxygen atoms in total. The van der Waals surface area contributed by atoms with Crippen molar-refractivity contribution in [3.05, 3.63) is 22.8 Å². The SMILES string of the molecule is CCCCCCOc1ncc(CNCC)cc1Cl. The summed E-state index contributed by atoms with van der Waals surface area (Å²) in [6, 6.07) is 1.92. The lowest BCUT2D eigenvalue weighted by Gasteiger charge is -2.08. The number of nitrogens with one attached hydrogen (secondary N) is 1. The molecule has 0 atom stereocenters. The predicted molar refractivity (Wildman–Crippen MR) is 76.3 cm³/mol. The maximum atomic E-state index is 6.13. The minimum absolute atomic E-state index is 0.549. The molecule has 0 radical (unpaired) electrons. The Morgan fingerprint density at radius 2 is 2.11 bits per heavy atom. The van der Waals surface area contributed by atoms with Crippen LogP contribution in [0.2, 0.25) is 5.02 Å². The van der Waals surface area contributed by atoms with Gasteiger partial charge in [0.1, 0.15) is 5.02 Å². The number of nitrogens with zero attached hydrogens (tertiary/aromatic N) is 1. The number of aromatic nitrogens is 1. The topological polar surface area (TPSA) is 34.1 Å². The molecule has 1 heterocycles. The number of pyridine rings is 1. The van der Waals surface area contributed by atoms with E-state index in [2.05, 4.69) is 24.1 Å². The van der Waals surface area contributed by atoms with Crippen LogP contribution in [-0.2, 0) is 6.54 Å². The summed E-state index contributed by atoms with van der Waals surface area (Å²) in [5.41, 5.74) is 1.08. The molecular formula is C14H23ClN2O. The molecule has 0 aliphatic carbocycles. The van der Waals surface area contributed by atoms with Crippen molar-refractivity contribution in [2.45, 2.75) is 46.1 Å². The average Bonchev–Trinajstić information content (AvgIpc) is 2.38. The van der Waals surface area contributed by atoms with Crippen LogP contribution in [0.25, 0.3) is 0 Å². The zero-order valence-corrected chi connectivity index (χ0v) is 12.1. The van der Waals surface area contributed by atoms with E-state index in [4.69, 9.17) is 16.3 Å². The monoisotopic (exact) mass is 270 g/mol. The fourth-order valence-electron chi connectivity index (χ4n) is 1.63. The molecule has 0 aromatic carbocycles. The highest BCUT2D eigenvalue weighted by Crippen LogP contribution is 2.22. The Morgan fingerprint density at radius 1 is 1.28 bits per heavy atom. The summed E-state index contributed by atoms with van der Waals surface area (Å²) in [5, 5.41) is 3.84. The highest BCUT2D eigenvalue weighted by Gasteiger charge is 2.04. The molecule has 0 bridgehead atoms. The van der Waals surface area contributed by atoms with Gasteiger partial charge in [-0.05, 0) is 24.6 Å². The molecule has 0 aliphatic rings. The lowest BCUT2D eigenvalue weighted by Crippen LogP contribution is -2.12. The summed E-state index contributed by atoms with van der Waals surface area (Å²) >= 11 is 6.13. The molecule has 1 N–H and O–H groups in total. The fourth-order valence-corrected chi connectivity index (χ4v) is 1.88. The summed E-state index contributed by atoms with van der Waals surface area (Å²) in [4.78, 5) is 4.25. The van der Waals surface area contributed by atoms with E-state index < -0.39 is 0 Å². The van der Waals surface area contributed by atoms with E-state index in [1.54, 1.807) is 0 Å². The van der Waals surface area contributed by atoms with Crippen molar-refractivity contribution in [2.75, 3.05) is 13.2 Å². The van der Waals surface area contributed by atoms with Crippen molar-refractivity contribution in [1.82, 2.24) is 10.3 Å². The third-order valence-corrected chi connectivity index (χ3v) is 2.95. The Morgan fingerprint density at radius 3 is 2.78 bits per heavy atom. The van der Waals surface area contributed by atoms with Crippen molar-refractivity contribution >= 4 is 11.6 Å². The zero-order valence-electron chi connectivity index (χ0n) is 11.3. The summed E-state index contributed by atoms with van der Waals surface area (Å²) < 4.78 is 5.58. The van der Waals surface area contributed by atoms with Gasteiger partial charge in [0.15, 0.2) is 0 Å². The molecule has 0 spiro atoms. The first-order chi connectivity index (χ1) is 8.77. The fraction of sp³-hybridized carbons (Fsp3) is 0.643. The first-order valence-corrected chi connectivity index (χ1v) is 7.13. The van der Waals surface area contributed by atoms with Gasteiger partial charge in [0, 0.05) is 12.7 Å². The number of ether oxygens (including phenoxy) is 1. The van der Waals surface area contributed by atoms with Gasteiger partial charge in [-0.3, -0.25) is 0 Å². The number of hydrogen-bond acceptors (Lipinski definition) is 3. The number of halogens is 1. The Bertz CT molecular complexity index is 345. The molecule has 0 aliphatic heterocycles. The second-order valence-electron chi connectivity index (χ2n) is 4.32. The van der Waals surface area contributed by atoms with E-state index >= 15 is 0 Å². The van der Waals surface area contributed by atoms with Crippen LogP contribution in [-0.4, -0.2) is 18.1 Å². The van der Waals surface area contributed by atoms with Gasteiger partial charge in [-0.25, -0.2) is 4.98 Å². The van der Waals surface area contributed by atoms with Crippen molar-refractivity contribution in [1.29, 1.82) is 0 Å². The van der Waals surface area contributed by atoms with Gasteiger partial charge in [-0.15, -0.1) is 0 Å². The van der Waals surface area contributed by atoms with Crippen LogP contribution in [0, 0.1) is 0 Å². The largest absolute Gasteiger partial charge is 0.477 e. The molecule has 1 aromatic rings. The molecule has 0 unspecified atom stereocenters. The van der Waals surface area contributed by atoms with E-state index in [1.807, 2.05) is 12.3 Å². The summed E-state index contributed by atoms with van der Waals surface area (Å²) in [6.07, 6.45) is 6.57. The van der Waals surface area contributed by atoms with Gasteiger partial charge >= 0.3 is 0 Å². The quantitative estimate of drug-likeness (QED) is 0.693. The van der Waals surface area contributed by atoms with Gasteiger partial charge in [0.25, 0.3) is 0 Å². The van der Waals surface area contributed by atoms with Crippen molar-refractivity contribution in [3.8, 4) is 5.88 Å². The Hall–Kier alpha value is -0.800. The second kappa shape index (κ2) is 9.17. The average molecular weight is 271 g/mol. The predicted octanol–water partition coefficient (Wildman–Crippen LogP) is 3.80. The van der Waals surface area contributed by atoms with Gasteiger partial charge < -0.3 is 10.1 Å². The second-order valence-corrected chi connectivity index (χ2v) is 4.73. The molecule has 1 rings (SSSR count).